The predicted molar refractivity (Wildman–Crippen MR) is 115 cm³/mol. The Morgan fingerprint density at radius 2 is 2.00 bits per heavy atom. The van der Waals surface area contributed by atoms with E-state index >= 15 is 0 Å². The van der Waals surface area contributed by atoms with Gasteiger partial charge < -0.3 is 14.4 Å². The van der Waals surface area contributed by atoms with Crippen molar-refractivity contribution in [3.8, 4) is 0 Å². The summed E-state index contributed by atoms with van der Waals surface area (Å²) in [5.74, 6) is 0.232. The molecule has 2 aromatic heterocycles. The second-order valence-corrected chi connectivity index (χ2v) is 7.25. The molecule has 0 aliphatic carbocycles. The molecule has 1 unspecified atom stereocenters. The van der Waals surface area contributed by atoms with Crippen molar-refractivity contribution < 1.29 is 9.84 Å². The quantitative estimate of drug-likeness (QED) is 0.373. The summed E-state index contributed by atoms with van der Waals surface area (Å²) in [6.45, 7) is 5.70. The van der Waals surface area contributed by atoms with Crippen LogP contribution in [0.4, 0.5) is 5.95 Å². The van der Waals surface area contributed by atoms with Gasteiger partial charge in [-0.25, -0.2) is 10.2 Å². The zero-order chi connectivity index (χ0) is 21.8. The average Bonchev–Trinajstić information content (AvgIpc) is 3.08. The fourth-order valence-electron chi connectivity index (χ4n) is 2.94. The third kappa shape index (κ3) is 4.66. The van der Waals surface area contributed by atoms with Crippen molar-refractivity contribution in [1.82, 2.24) is 19.1 Å². The highest BCUT2D eigenvalue weighted by molar-refractivity contribution is 5.99. The Balaban J connectivity index is 2.01. The number of hydrogen-bond donors (Lipinski definition) is 3. The molecule has 10 heteroatoms. The maximum Gasteiger partial charge on any atom is 0.329 e. The van der Waals surface area contributed by atoms with E-state index in [1.54, 1.807) is 0 Å². The number of aliphatic hydroxyl groups excluding tert-OH is 1. The highest BCUT2D eigenvalue weighted by atomic mass is 16.5. The van der Waals surface area contributed by atoms with Gasteiger partial charge in [-0.3, -0.25) is 14.3 Å². The topological polar surface area (TPSA) is 127 Å². The smallest absolute Gasteiger partial charge is 0.329 e. The molecule has 3 N–H and O–H groups in total. The molecular formula is C20H26N6O4. The zero-order valence-corrected chi connectivity index (χ0v) is 17.4. The van der Waals surface area contributed by atoms with Gasteiger partial charge in [-0.15, -0.1) is 0 Å². The van der Waals surface area contributed by atoms with E-state index in [0.29, 0.717) is 5.71 Å². The summed E-state index contributed by atoms with van der Waals surface area (Å²) in [4.78, 5) is 31.1. The van der Waals surface area contributed by atoms with Crippen molar-refractivity contribution in [3.63, 3.8) is 0 Å². The summed E-state index contributed by atoms with van der Waals surface area (Å²) in [7, 11) is 1.51. The van der Waals surface area contributed by atoms with Gasteiger partial charge in [-0.2, -0.15) is 10.1 Å². The van der Waals surface area contributed by atoms with Gasteiger partial charge in [-0.1, -0.05) is 30.3 Å². The first-order valence-corrected chi connectivity index (χ1v) is 9.63. The van der Waals surface area contributed by atoms with Crippen molar-refractivity contribution in [1.29, 1.82) is 0 Å². The van der Waals surface area contributed by atoms with Crippen molar-refractivity contribution in [3.05, 3.63) is 56.7 Å². The average molecular weight is 414 g/mol. The number of hydrogen-bond acceptors (Lipinski definition) is 7. The minimum atomic E-state index is -0.888. The fraction of sp³-hybridized carbons (Fsp3) is 0.400. The third-order valence-electron chi connectivity index (χ3n) is 4.54. The summed E-state index contributed by atoms with van der Waals surface area (Å²) in [6.07, 6.45) is -0.930. The molecule has 2 heterocycles. The molecule has 3 aromatic rings. The Labute approximate surface area is 172 Å². The molecule has 10 nitrogen and oxygen atoms in total. The lowest BCUT2D eigenvalue weighted by molar-refractivity contribution is -0.000105. The number of aryl methyl sites for hydroxylation is 1. The Morgan fingerprint density at radius 3 is 2.67 bits per heavy atom. The van der Waals surface area contributed by atoms with Crippen LogP contribution in [0.3, 0.4) is 0 Å². The minimum Gasteiger partial charge on any atom is -0.389 e. The van der Waals surface area contributed by atoms with Crippen LogP contribution in [-0.4, -0.2) is 48.7 Å². The molecule has 0 fully saturated rings. The number of nitrogens with zero attached hydrogens (tertiary/aromatic N) is 4. The number of rotatable bonds is 8. The van der Waals surface area contributed by atoms with Crippen LogP contribution in [0.5, 0.6) is 0 Å². The second-order valence-electron chi connectivity index (χ2n) is 7.25. The molecule has 1 atom stereocenters. The van der Waals surface area contributed by atoms with Crippen molar-refractivity contribution >= 4 is 22.8 Å². The van der Waals surface area contributed by atoms with Gasteiger partial charge in [-0.05, 0) is 26.3 Å². The molecule has 30 heavy (non-hydrogen) atoms. The van der Waals surface area contributed by atoms with Crippen LogP contribution in [0.2, 0.25) is 0 Å². The number of ether oxygens (including phenoxy) is 1. The van der Waals surface area contributed by atoms with Gasteiger partial charge in [0.1, 0.15) is 0 Å². The molecule has 0 bridgehead atoms. The molecular weight excluding hydrogens is 388 g/mol. The van der Waals surface area contributed by atoms with Gasteiger partial charge in [0.25, 0.3) is 5.56 Å². The predicted octanol–water partition coefficient (Wildman–Crippen LogP) is 1.05. The lowest BCUT2D eigenvalue weighted by Gasteiger charge is -2.16. The van der Waals surface area contributed by atoms with Crippen LogP contribution in [0.1, 0.15) is 26.3 Å². The summed E-state index contributed by atoms with van der Waals surface area (Å²) in [5.41, 5.74) is 3.69. The first kappa shape index (κ1) is 21.5. The summed E-state index contributed by atoms with van der Waals surface area (Å²) in [6, 6.07) is 9.57. The Kier molecular flexibility index (Phi) is 6.48. The molecule has 0 saturated heterocycles. The molecule has 0 radical (unpaired) electrons. The van der Waals surface area contributed by atoms with Crippen LogP contribution in [0.25, 0.3) is 11.2 Å². The number of nitrogens with one attached hydrogen (secondary N) is 2. The monoisotopic (exact) mass is 414 g/mol. The number of benzene rings is 1. The Bertz CT molecular complexity index is 1160. The summed E-state index contributed by atoms with van der Waals surface area (Å²) >= 11 is 0. The highest BCUT2D eigenvalue weighted by Crippen LogP contribution is 2.17. The normalized spacial score (nSPS) is 13.2. The molecule has 0 aliphatic rings. The molecule has 0 amide bonds. The van der Waals surface area contributed by atoms with Crippen LogP contribution in [0.15, 0.2) is 45.0 Å². The number of aliphatic hydroxyl groups is 1. The van der Waals surface area contributed by atoms with Crippen molar-refractivity contribution in [2.75, 3.05) is 12.0 Å². The van der Waals surface area contributed by atoms with E-state index in [1.165, 1.54) is 16.2 Å². The van der Waals surface area contributed by atoms with Gasteiger partial charge in [0.2, 0.25) is 5.95 Å². The van der Waals surface area contributed by atoms with Crippen molar-refractivity contribution in [2.45, 2.75) is 39.5 Å². The fourth-order valence-corrected chi connectivity index (χ4v) is 2.94. The van der Waals surface area contributed by atoms with E-state index in [2.05, 4.69) is 20.5 Å². The number of fused-ring (bicyclic) bond motifs is 1. The SMILES string of the molecule is CC(=NNc1nc2c(c(=O)[nH]c(=O)n2C)n1CC(O)COC(C)C)c1ccccc1. The lowest BCUT2D eigenvalue weighted by Crippen LogP contribution is -2.30. The molecule has 160 valence electrons. The highest BCUT2D eigenvalue weighted by Gasteiger charge is 2.20. The molecule has 0 saturated carbocycles. The molecule has 1 aromatic carbocycles. The lowest BCUT2D eigenvalue weighted by atomic mass is 10.1. The summed E-state index contributed by atoms with van der Waals surface area (Å²) < 4.78 is 8.20. The van der Waals surface area contributed by atoms with Gasteiger partial charge in [0, 0.05) is 7.05 Å². The van der Waals surface area contributed by atoms with Gasteiger partial charge in [0.15, 0.2) is 11.2 Å². The largest absolute Gasteiger partial charge is 0.389 e. The second kappa shape index (κ2) is 9.06. The van der Waals surface area contributed by atoms with E-state index in [1.807, 2.05) is 51.1 Å². The Morgan fingerprint density at radius 1 is 1.30 bits per heavy atom. The van der Waals surface area contributed by atoms with Crippen LogP contribution in [-0.2, 0) is 18.3 Å². The number of H-pyrrole nitrogens is 1. The molecule has 0 spiro atoms. The first-order valence-electron chi connectivity index (χ1n) is 9.63. The molecule has 3 rings (SSSR count). The number of imidazole rings is 1. The standard InChI is InChI=1S/C20H26N6O4/c1-12(2)30-11-15(27)10-26-16-17(25(4)20(29)22-18(16)28)21-19(26)24-23-13(3)14-8-6-5-7-9-14/h5-9,12,15,27H,10-11H2,1-4H3,(H,21,24)(H,22,28,29). The van der Waals surface area contributed by atoms with Crippen molar-refractivity contribution in [2.24, 2.45) is 12.1 Å². The van der Waals surface area contributed by atoms with Crippen LogP contribution >= 0.6 is 0 Å². The van der Waals surface area contributed by atoms with Gasteiger partial charge in [0.05, 0.1) is 31.1 Å². The number of hydrazone groups is 1. The van der Waals surface area contributed by atoms with E-state index in [-0.39, 0.29) is 36.4 Å². The first-order chi connectivity index (χ1) is 14.3. The maximum absolute atomic E-state index is 12.5. The van der Waals surface area contributed by atoms with E-state index in [0.717, 1.165) is 5.56 Å². The third-order valence-corrected chi connectivity index (χ3v) is 4.54. The van der Waals surface area contributed by atoms with Gasteiger partial charge >= 0.3 is 5.69 Å². The number of aromatic nitrogens is 4. The summed E-state index contributed by atoms with van der Waals surface area (Å²) in [5, 5.41) is 14.8. The maximum atomic E-state index is 12.5. The van der Waals surface area contributed by atoms with E-state index in [4.69, 9.17) is 4.74 Å². The number of anilines is 1. The van der Waals surface area contributed by atoms with E-state index < -0.39 is 17.4 Å². The zero-order valence-electron chi connectivity index (χ0n) is 17.4. The van der Waals surface area contributed by atoms with Crippen LogP contribution in [0, 0.1) is 0 Å². The number of aromatic amines is 1. The molecule has 0 aliphatic heterocycles. The van der Waals surface area contributed by atoms with Crippen LogP contribution < -0.4 is 16.7 Å². The minimum absolute atomic E-state index is 0.0345. The van der Waals surface area contributed by atoms with E-state index in [9.17, 15) is 14.7 Å². The Hall–Kier alpha value is -3.24.